The number of benzene rings is 4. The van der Waals surface area contributed by atoms with E-state index in [4.69, 9.17) is 0 Å². The predicted octanol–water partition coefficient (Wildman–Crippen LogP) is 3.36. The van der Waals surface area contributed by atoms with Crippen LogP contribution in [0, 0.1) is 27.7 Å². The van der Waals surface area contributed by atoms with Crippen molar-refractivity contribution in [3.8, 4) is 0 Å². The number of hydrogen-bond donors (Lipinski definition) is 1. The first-order chi connectivity index (χ1) is 25.4. The Kier molecular flexibility index (Phi) is 12.9. The van der Waals surface area contributed by atoms with Crippen LogP contribution < -0.4 is 0 Å². The zero-order valence-corrected chi connectivity index (χ0v) is 33.9. The molecule has 292 valence electrons. The summed E-state index contributed by atoms with van der Waals surface area (Å²) in [5.41, 5.74) is 3.21. The highest BCUT2D eigenvalue weighted by atomic mass is 32.2. The van der Waals surface area contributed by atoms with E-state index in [-0.39, 0.29) is 26.1 Å². The second-order valence-electron chi connectivity index (χ2n) is 13.4. The molecule has 4 aromatic carbocycles. The van der Waals surface area contributed by atoms with Crippen LogP contribution in [0.2, 0.25) is 0 Å². The average Bonchev–Trinajstić information content (AvgIpc) is 3.12. The second kappa shape index (κ2) is 16.7. The summed E-state index contributed by atoms with van der Waals surface area (Å²) in [6, 6.07) is 22.8. The normalized spacial score (nSPS) is 18.5. The Morgan fingerprint density at radius 3 is 1.00 bits per heavy atom. The Balaban J connectivity index is 1.66. The van der Waals surface area contributed by atoms with Gasteiger partial charge in [0.25, 0.3) is 0 Å². The van der Waals surface area contributed by atoms with Gasteiger partial charge in [-0.05, 0) is 76.2 Å². The number of nitrogens with zero attached hydrogens (tertiary/aromatic N) is 4. The SMILES string of the molecule is Cc1ccc(S(=O)(=O)N2CCN(S(=O)(=O)c3ccc(C)cc3)CCN(S(=O)(=O)c3ccc(C)cc3)C(CO)CN(S(=O)(=O)c3ccc(C)cc3)CC2)cc1. The fourth-order valence-electron chi connectivity index (χ4n) is 6.07. The first kappa shape index (κ1) is 41.6. The van der Waals surface area contributed by atoms with Crippen LogP contribution in [0.3, 0.4) is 0 Å². The van der Waals surface area contributed by atoms with Crippen LogP contribution in [0.4, 0.5) is 0 Å². The van der Waals surface area contributed by atoms with Gasteiger partial charge in [-0.2, -0.15) is 17.2 Å². The summed E-state index contributed by atoms with van der Waals surface area (Å²) in [5, 5.41) is 10.8. The molecule has 5 rings (SSSR count). The molecule has 0 bridgehead atoms. The van der Waals surface area contributed by atoms with Gasteiger partial charge >= 0.3 is 0 Å². The monoisotopic (exact) mass is 818 g/mol. The Morgan fingerprint density at radius 1 is 0.426 bits per heavy atom. The maximum absolute atomic E-state index is 14.4. The first-order valence-electron chi connectivity index (χ1n) is 17.3. The number of sulfonamides is 4. The van der Waals surface area contributed by atoms with Crippen molar-refractivity contribution in [1.29, 1.82) is 0 Å². The number of hydrogen-bond acceptors (Lipinski definition) is 9. The van der Waals surface area contributed by atoms with Crippen LogP contribution in [0.15, 0.2) is 117 Å². The van der Waals surface area contributed by atoms with E-state index in [1.165, 1.54) is 48.5 Å². The minimum atomic E-state index is -4.46. The third-order valence-corrected chi connectivity index (χ3v) is 17.1. The number of aryl methyl sites for hydroxylation is 4. The lowest BCUT2D eigenvalue weighted by molar-refractivity contribution is 0.155. The van der Waals surface area contributed by atoms with Crippen molar-refractivity contribution in [1.82, 2.24) is 17.2 Å². The lowest BCUT2D eigenvalue weighted by Gasteiger charge is -2.36. The van der Waals surface area contributed by atoms with Gasteiger partial charge in [-0.25, -0.2) is 33.7 Å². The molecule has 17 heteroatoms. The smallest absolute Gasteiger partial charge is 0.243 e. The van der Waals surface area contributed by atoms with E-state index in [2.05, 4.69) is 0 Å². The number of aliphatic hydroxyl groups is 1. The molecule has 0 radical (unpaired) electrons. The molecule has 1 N–H and O–H groups in total. The van der Waals surface area contributed by atoms with E-state index < -0.39 is 92.0 Å². The van der Waals surface area contributed by atoms with E-state index in [1.54, 1.807) is 76.2 Å². The summed E-state index contributed by atoms with van der Waals surface area (Å²) in [5.74, 6) is 0. The summed E-state index contributed by atoms with van der Waals surface area (Å²) < 4.78 is 118. The zero-order valence-electron chi connectivity index (χ0n) is 30.6. The lowest BCUT2D eigenvalue weighted by Crippen LogP contribution is -2.55. The quantitative estimate of drug-likeness (QED) is 0.266. The topological polar surface area (TPSA) is 170 Å². The second-order valence-corrected chi connectivity index (χ2v) is 21.1. The molecule has 0 amide bonds. The fourth-order valence-corrected chi connectivity index (χ4v) is 12.0. The van der Waals surface area contributed by atoms with Crippen LogP contribution in [-0.2, 0) is 40.1 Å². The largest absolute Gasteiger partial charge is 0.395 e. The zero-order chi connectivity index (χ0) is 39.5. The van der Waals surface area contributed by atoms with Crippen molar-refractivity contribution in [2.24, 2.45) is 0 Å². The van der Waals surface area contributed by atoms with E-state index in [1.807, 2.05) is 0 Å². The highest BCUT2D eigenvalue weighted by Crippen LogP contribution is 2.26. The molecule has 1 heterocycles. The molecule has 0 saturated carbocycles. The van der Waals surface area contributed by atoms with Crippen molar-refractivity contribution < 1.29 is 38.8 Å². The van der Waals surface area contributed by atoms with Crippen LogP contribution in [0.5, 0.6) is 0 Å². The lowest BCUT2D eigenvalue weighted by atomic mass is 10.2. The molecule has 0 aromatic heterocycles. The molecule has 1 saturated heterocycles. The minimum Gasteiger partial charge on any atom is -0.395 e. The third kappa shape index (κ3) is 9.12. The molecule has 1 unspecified atom stereocenters. The Labute approximate surface area is 319 Å². The Morgan fingerprint density at radius 2 is 0.685 bits per heavy atom. The maximum atomic E-state index is 14.4. The van der Waals surface area contributed by atoms with Gasteiger partial charge in [-0.1, -0.05) is 70.8 Å². The van der Waals surface area contributed by atoms with Crippen molar-refractivity contribution in [3.63, 3.8) is 0 Å². The standard InChI is InChI=1S/C37H46N4O9S4/c1-29-5-13-34(14-6-29)51(43,44)38-21-22-39(52(45,46)35-15-7-30(2)8-16-35)25-26-41(54(49,50)37-19-11-32(4)12-20-37)33(28-42)27-40(24-23-38)53(47,48)36-17-9-31(3)10-18-36/h5-20,33,42H,21-28H2,1-4H3. The van der Waals surface area contributed by atoms with Gasteiger partial charge in [-0.3, -0.25) is 0 Å². The van der Waals surface area contributed by atoms with Crippen molar-refractivity contribution in [2.75, 3.05) is 52.4 Å². The van der Waals surface area contributed by atoms with E-state index >= 15 is 0 Å². The van der Waals surface area contributed by atoms with Gasteiger partial charge in [-0.15, -0.1) is 0 Å². The number of aliphatic hydroxyl groups excluding tert-OH is 1. The molecule has 13 nitrogen and oxygen atoms in total. The molecule has 1 atom stereocenters. The summed E-state index contributed by atoms with van der Waals surface area (Å²) in [6.07, 6.45) is 0. The highest BCUT2D eigenvalue weighted by molar-refractivity contribution is 7.90. The van der Waals surface area contributed by atoms with Crippen molar-refractivity contribution >= 4 is 40.1 Å². The van der Waals surface area contributed by atoms with E-state index in [0.29, 0.717) is 0 Å². The van der Waals surface area contributed by atoms with Gasteiger partial charge in [0, 0.05) is 45.8 Å². The Hall–Kier alpha value is -3.52. The molecule has 1 fully saturated rings. The van der Waals surface area contributed by atoms with Gasteiger partial charge in [0.05, 0.1) is 32.2 Å². The molecule has 4 aromatic rings. The molecule has 0 aliphatic carbocycles. The minimum absolute atomic E-state index is 0.0651. The summed E-state index contributed by atoms with van der Waals surface area (Å²) >= 11 is 0. The van der Waals surface area contributed by atoms with Gasteiger partial charge in [0.2, 0.25) is 40.1 Å². The third-order valence-electron chi connectivity index (χ3n) is 9.40. The molecule has 54 heavy (non-hydrogen) atoms. The maximum Gasteiger partial charge on any atom is 0.243 e. The molecule has 1 aliphatic rings. The van der Waals surface area contributed by atoms with Crippen molar-refractivity contribution in [3.05, 3.63) is 119 Å². The van der Waals surface area contributed by atoms with Gasteiger partial charge in [0.15, 0.2) is 0 Å². The fraction of sp³-hybridized carbons (Fsp3) is 0.351. The molecule has 0 spiro atoms. The average molecular weight is 819 g/mol. The van der Waals surface area contributed by atoms with Gasteiger partial charge < -0.3 is 5.11 Å². The summed E-state index contributed by atoms with van der Waals surface area (Å²) in [7, 11) is -17.5. The van der Waals surface area contributed by atoms with Crippen molar-refractivity contribution in [2.45, 2.75) is 53.3 Å². The van der Waals surface area contributed by atoms with Gasteiger partial charge in [0.1, 0.15) is 0 Å². The molecular formula is C37H46N4O9S4. The van der Waals surface area contributed by atoms with Crippen LogP contribution in [0.1, 0.15) is 22.3 Å². The summed E-state index contributed by atoms with van der Waals surface area (Å²) in [6.45, 7) is 3.20. The molecule has 1 aliphatic heterocycles. The Bertz CT molecular complexity index is 2360. The highest BCUT2D eigenvalue weighted by Gasteiger charge is 2.39. The number of rotatable bonds is 9. The molecular weight excluding hydrogens is 773 g/mol. The summed E-state index contributed by atoms with van der Waals surface area (Å²) in [4.78, 5) is -0.372. The van der Waals surface area contributed by atoms with E-state index in [9.17, 15) is 38.8 Å². The van der Waals surface area contributed by atoms with Crippen LogP contribution in [-0.4, -0.2) is 114 Å². The predicted molar refractivity (Wildman–Crippen MR) is 206 cm³/mol. The van der Waals surface area contributed by atoms with E-state index in [0.717, 1.165) is 39.5 Å². The van der Waals surface area contributed by atoms with Crippen LogP contribution >= 0.6 is 0 Å². The van der Waals surface area contributed by atoms with Crippen LogP contribution in [0.25, 0.3) is 0 Å². The first-order valence-corrected chi connectivity index (χ1v) is 23.0.